The number of carbonyl (C=O) groups excluding carboxylic acids is 2. The smallest absolute Gasteiger partial charge is 0.266 e. The number of pyridine rings is 1. The normalized spacial score (nSPS) is 22.3. The van der Waals surface area contributed by atoms with E-state index in [0.29, 0.717) is 18.0 Å². The molecular weight excluding hydrogens is 406 g/mol. The number of hydrogen-bond acceptors (Lipinski definition) is 6. The van der Waals surface area contributed by atoms with E-state index in [0.717, 1.165) is 17.7 Å². The van der Waals surface area contributed by atoms with E-state index in [4.69, 9.17) is 9.57 Å². The van der Waals surface area contributed by atoms with Gasteiger partial charge >= 0.3 is 0 Å². The van der Waals surface area contributed by atoms with Crippen molar-refractivity contribution in [1.29, 1.82) is 0 Å². The van der Waals surface area contributed by atoms with Crippen molar-refractivity contribution in [2.45, 2.75) is 25.5 Å². The lowest BCUT2D eigenvalue weighted by molar-refractivity contribution is -0.126. The van der Waals surface area contributed by atoms with Crippen LogP contribution in [-0.4, -0.2) is 29.5 Å². The van der Waals surface area contributed by atoms with Crippen molar-refractivity contribution >= 4 is 23.2 Å². The Labute approximate surface area is 186 Å². The third kappa shape index (κ3) is 3.40. The highest BCUT2D eigenvalue weighted by Crippen LogP contribution is 2.47. The molecule has 0 N–H and O–H groups in total. The lowest BCUT2D eigenvalue weighted by atomic mass is 9.91. The molecule has 0 bridgehead atoms. The second kappa shape index (κ2) is 8.43. The number of para-hydroxylation sites is 1. The number of fused-ring (bicyclic) bond motifs is 1. The van der Waals surface area contributed by atoms with Gasteiger partial charge in [-0.05, 0) is 54.4 Å². The molecule has 2 amide bonds. The van der Waals surface area contributed by atoms with Crippen molar-refractivity contribution in [3.8, 4) is 5.75 Å². The summed E-state index contributed by atoms with van der Waals surface area (Å²) in [6, 6.07) is 19.8. The molecule has 0 aliphatic carbocycles. The van der Waals surface area contributed by atoms with E-state index in [9.17, 15) is 9.59 Å². The average Bonchev–Trinajstić information content (AvgIpc) is 3.35. The fourth-order valence-electron chi connectivity index (χ4n) is 4.27. The molecule has 32 heavy (non-hydrogen) atoms. The van der Waals surface area contributed by atoms with E-state index in [1.54, 1.807) is 41.7 Å². The van der Waals surface area contributed by atoms with E-state index in [2.05, 4.69) is 4.98 Å². The molecule has 0 radical (unpaired) electrons. The molecule has 0 saturated carbocycles. The zero-order valence-corrected chi connectivity index (χ0v) is 17.6. The number of anilines is 2. The van der Waals surface area contributed by atoms with Gasteiger partial charge in [-0.2, -0.15) is 0 Å². The Kier molecular flexibility index (Phi) is 5.33. The van der Waals surface area contributed by atoms with Crippen LogP contribution in [0.15, 0.2) is 79.1 Å². The Balaban J connectivity index is 1.49. The Hall–Kier alpha value is -3.71. The molecule has 1 aromatic heterocycles. The molecular formula is C25H23N3O4. The minimum absolute atomic E-state index is 0.283. The van der Waals surface area contributed by atoms with Gasteiger partial charge in [-0.25, -0.2) is 9.96 Å². The van der Waals surface area contributed by atoms with Gasteiger partial charge in [0.05, 0.1) is 24.0 Å². The highest BCUT2D eigenvalue weighted by atomic mass is 16.7. The largest absolute Gasteiger partial charge is 0.494 e. The van der Waals surface area contributed by atoms with Crippen molar-refractivity contribution < 1.29 is 19.2 Å². The van der Waals surface area contributed by atoms with E-state index < -0.39 is 18.1 Å². The van der Waals surface area contributed by atoms with Crippen molar-refractivity contribution in [2.24, 2.45) is 5.92 Å². The summed E-state index contributed by atoms with van der Waals surface area (Å²) < 4.78 is 5.61. The maximum Gasteiger partial charge on any atom is 0.266 e. The fraction of sp³-hybridized carbons (Fsp3) is 0.240. The minimum Gasteiger partial charge on any atom is -0.494 e. The Morgan fingerprint density at radius 2 is 1.72 bits per heavy atom. The number of carbonyl (C=O) groups is 2. The second-order valence-corrected chi connectivity index (χ2v) is 7.80. The first kappa shape index (κ1) is 20.2. The van der Waals surface area contributed by atoms with Crippen LogP contribution in [0.25, 0.3) is 0 Å². The van der Waals surface area contributed by atoms with Crippen LogP contribution in [0.3, 0.4) is 0 Å². The van der Waals surface area contributed by atoms with Crippen LogP contribution in [0.1, 0.15) is 24.9 Å². The van der Waals surface area contributed by atoms with Gasteiger partial charge in [0, 0.05) is 12.4 Å². The number of hydroxylamine groups is 1. The maximum atomic E-state index is 13.6. The molecule has 2 aliphatic rings. The van der Waals surface area contributed by atoms with Gasteiger partial charge in [-0.3, -0.25) is 19.4 Å². The molecule has 3 aromatic rings. The third-order valence-corrected chi connectivity index (χ3v) is 5.72. The molecule has 2 fully saturated rings. The number of imide groups is 1. The summed E-state index contributed by atoms with van der Waals surface area (Å²) in [5, 5.41) is 1.67. The number of nitrogens with zero attached hydrogens (tertiary/aromatic N) is 3. The monoisotopic (exact) mass is 429 g/mol. The second-order valence-electron chi connectivity index (χ2n) is 7.80. The molecule has 3 atom stereocenters. The summed E-state index contributed by atoms with van der Waals surface area (Å²) in [7, 11) is 0. The van der Waals surface area contributed by atoms with Gasteiger partial charge in [-0.15, -0.1) is 0 Å². The number of amides is 2. The van der Waals surface area contributed by atoms with Crippen molar-refractivity contribution in [3.05, 3.63) is 84.7 Å². The predicted octanol–water partition coefficient (Wildman–Crippen LogP) is 3.92. The molecule has 2 aromatic carbocycles. The average molecular weight is 429 g/mol. The summed E-state index contributed by atoms with van der Waals surface area (Å²) >= 11 is 0. The zero-order chi connectivity index (χ0) is 22.1. The van der Waals surface area contributed by atoms with Crippen LogP contribution in [-0.2, 0) is 14.4 Å². The third-order valence-electron chi connectivity index (χ3n) is 5.72. The SMILES string of the molecule is CCCOc1ccc(N2C(=O)[C@@H]3[C@@H](c4cccnc4)N(c4ccccc4)O[C@H]3C2=O)cc1. The molecule has 3 heterocycles. The van der Waals surface area contributed by atoms with Crippen LogP contribution >= 0.6 is 0 Å². The minimum atomic E-state index is -0.899. The van der Waals surface area contributed by atoms with Gasteiger partial charge in [0.1, 0.15) is 11.7 Å². The predicted molar refractivity (Wildman–Crippen MR) is 119 cm³/mol. The number of rotatable bonds is 6. The first-order chi connectivity index (χ1) is 15.7. The van der Waals surface area contributed by atoms with E-state index >= 15 is 0 Å². The number of hydrogen-bond donors (Lipinski definition) is 0. The highest BCUT2D eigenvalue weighted by Gasteiger charge is 2.60. The molecule has 2 aliphatic heterocycles. The quantitative estimate of drug-likeness (QED) is 0.553. The number of aromatic nitrogens is 1. The molecule has 162 valence electrons. The van der Waals surface area contributed by atoms with Crippen LogP contribution in [0.5, 0.6) is 5.75 Å². The Morgan fingerprint density at radius 1 is 0.938 bits per heavy atom. The Morgan fingerprint density at radius 3 is 2.41 bits per heavy atom. The van der Waals surface area contributed by atoms with Gasteiger partial charge < -0.3 is 4.74 Å². The summed E-state index contributed by atoms with van der Waals surface area (Å²) in [4.78, 5) is 38.4. The standard InChI is InChI=1S/C25H23N3O4/c1-2-15-31-20-12-10-18(11-13-20)27-24(29)21-22(17-7-6-14-26-16-17)28(32-23(21)25(27)30)19-8-4-3-5-9-19/h3-14,16,21-23H,2,15H2,1H3/t21-,22-,23-/m1/s1. The van der Waals surface area contributed by atoms with Crippen molar-refractivity contribution in [3.63, 3.8) is 0 Å². The summed E-state index contributed by atoms with van der Waals surface area (Å²) in [5.41, 5.74) is 2.11. The summed E-state index contributed by atoms with van der Waals surface area (Å²) in [5.74, 6) is -0.624. The van der Waals surface area contributed by atoms with Crippen LogP contribution in [0.4, 0.5) is 11.4 Å². The lowest BCUT2D eigenvalue weighted by Gasteiger charge is -2.28. The maximum absolute atomic E-state index is 13.6. The summed E-state index contributed by atoms with van der Waals surface area (Å²) in [6.45, 7) is 2.65. The molecule has 0 spiro atoms. The lowest BCUT2D eigenvalue weighted by Crippen LogP contribution is -2.37. The Bertz CT molecular complexity index is 1110. The first-order valence-corrected chi connectivity index (χ1v) is 10.7. The van der Waals surface area contributed by atoms with Crippen LogP contribution in [0, 0.1) is 5.92 Å². The van der Waals surface area contributed by atoms with Crippen LogP contribution in [0.2, 0.25) is 0 Å². The molecule has 5 rings (SSSR count). The highest BCUT2D eigenvalue weighted by molar-refractivity contribution is 6.23. The van der Waals surface area contributed by atoms with Crippen molar-refractivity contribution in [1.82, 2.24) is 4.98 Å². The molecule has 7 nitrogen and oxygen atoms in total. The molecule has 2 saturated heterocycles. The van der Waals surface area contributed by atoms with Crippen molar-refractivity contribution in [2.75, 3.05) is 16.6 Å². The van der Waals surface area contributed by atoms with Crippen LogP contribution < -0.4 is 14.7 Å². The topological polar surface area (TPSA) is 72.0 Å². The van der Waals surface area contributed by atoms with E-state index in [1.165, 1.54) is 4.90 Å². The number of benzene rings is 2. The van der Waals surface area contributed by atoms with Gasteiger partial charge in [0.2, 0.25) is 5.91 Å². The summed E-state index contributed by atoms with van der Waals surface area (Å²) in [6.07, 6.45) is 3.40. The molecule has 0 unspecified atom stereocenters. The van der Waals surface area contributed by atoms with Gasteiger partial charge in [-0.1, -0.05) is 31.2 Å². The molecule has 7 heteroatoms. The number of ether oxygens (including phenoxy) is 1. The van der Waals surface area contributed by atoms with E-state index in [1.807, 2.05) is 49.4 Å². The van der Waals surface area contributed by atoms with Gasteiger partial charge in [0.25, 0.3) is 5.91 Å². The zero-order valence-electron chi connectivity index (χ0n) is 17.6. The fourth-order valence-corrected chi connectivity index (χ4v) is 4.27. The van der Waals surface area contributed by atoms with E-state index in [-0.39, 0.29) is 11.8 Å². The van der Waals surface area contributed by atoms with Gasteiger partial charge in [0.15, 0.2) is 6.10 Å². The first-order valence-electron chi connectivity index (χ1n) is 10.7.